The van der Waals surface area contributed by atoms with Gasteiger partial charge in [0, 0.05) is 16.7 Å². The Bertz CT molecular complexity index is 2790. The van der Waals surface area contributed by atoms with E-state index in [2.05, 4.69) is 184 Å². The first-order chi connectivity index (χ1) is 27.7. The zero-order valence-corrected chi connectivity index (χ0v) is 31.4. The van der Waals surface area contributed by atoms with Crippen molar-refractivity contribution in [2.75, 3.05) is 0 Å². The maximum absolute atomic E-state index is 5.35. The second-order valence-corrected chi connectivity index (χ2v) is 14.6. The van der Waals surface area contributed by atoms with Gasteiger partial charge in [-0.2, -0.15) is 0 Å². The molecule has 0 fully saturated rings. The van der Waals surface area contributed by atoms with Gasteiger partial charge in [0.15, 0.2) is 17.5 Å². The van der Waals surface area contributed by atoms with Crippen LogP contribution in [0, 0.1) is 0 Å². The van der Waals surface area contributed by atoms with Crippen LogP contribution < -0.4 is 0 Å². The van der Waals surface area contributed by atoms with Crippen molar-refractivity contribution >= 4 is 5.57 Å². The molecule has 1 aromatic heterocycles. The number of fused-ring (bicyclic) bond motifs is 10. The fourth-order valence-corrected chi connectivity index (χ4v) is 8.99. The third-order valence-corrected chi connectivity index (χ3v) is 11.3. The van der Waals surface area contributed by atoms with Crippen LogP contribution in [0.25, 0.3) is 73.1 Å². The van der Waals surface area contributed by atoms with Gasteiger partial charge >= 0.3 is 0 Å². The third kappa shape index (κ3) is 5.31. The Hall–Kier alpha value is -6.97. The Balaban J connectivity index is 1.22. The fourth-order valence-electron chi connectivity index (χ4n) is 8.99. The lowest BCUT2D eigenvalue weighted by molar-refractivity contribution is 0.794. The van der Waals surface area contributed by atoms with E-state index in [4.69, 9.17) is 15.0 Å². The number of hydrogen-bond acceptors (Lipinski definition) is 3. The quantitative estimate of drug-likeness (QED) is 0.154. The first kappa shape index (κ1) is 33.6. The molecule has 0 aliphatic heterocycles. The molecule has 2 aliphatic rings. The van der Waals surface area contributed by atoms with Gasteiger partial charge in [-0.1, -0.05) is 171 Å². The summed E-state index contributed by atoms with van der Waals surface area (Å²) < 4.78 is 0. The summed E-state index contributed by atoms with van der Waals surface area (Å²) in [6, 6.07) is 61.1. The van der Waals surface area contributed by atoms with Gasteiger partial charge in [0.1, 0.15) is 0 Å². The topological polar surface area (TPSA) is 38.7 Å². The lowest BCUT2D eigenvalue weighted by Gasteiger charge is -2.30. The van der Waals surface area contributed by atoms with Crippen LogP contribution in [0.4, 0.5) is 0 Å². The van der Waals surface area contributed by atoms with Crippen LogP contribution in [0.3, 0.4) is 0 Å². The zero-order chi connectivity index (χ0) is 37.6. The van der Waals surface area contributed by atoms with Crippen molar-refractivity contribution in [3.8, 4) is 67.5 Å². The summed E-state index contributed by atoms with van der Waals surface area (Å²) in [5.41, 5.74) is 17.2. The van der Waals surface area contributed by atoms with Crippen LogP contribution in [-0.4, -0.2) is 15.0 Å². The SMILES string of the molecule is C/C=C\C(=C/CC)c1cc(-c2ccccc2)cc(-c2nc(-c3ccccc3)nc(-c3ccc4c(c3)C3(c5ccccc5-c5ccccc53)c3ccccc3-4)n2)c1. The highest BCUT2D eigenvalue weighted by Gasteiger charge is 2.51. The molecule has 0 saturated carbocycles. The van der Waals surface area contributed by atoms with E-state index in [1.807, 2.05) is 18.2 Å². The van der Waals surface area contributed by atoms with Crippen molar-refractivity contribution in [1.82, 2.24) is 15.0 Å². The molecule has 0 amide bonds. The molecular weight excluding hydrogens is 679 g/mol. The predicted octanol–water partition coefficient (Wildman–Crippen LogP) is 13.3. The molecule has 56 heavy (non-hydrogen) atoms. The fraction of sp³-hybridized carbons (Fsp3) is 0.0755. The van der Waals surface area contributed by atoms with E-state index in [1.54, 1.807) is 0 Å². The van der Waals surface area contributed by atoms with E-state index in [1.165, 1.54) is 50.1 Å². The van der Waals surface area contributed by atoms with E-state index in [9.17, 15) is 0 Å². The number of hydrogen-bond donors (Lipinski definition) is 0. The third-order valence-electron chi connectivity index (χ3n) is 11.3. The smallest absolute Gasteiger partial charge is 0.164 e. The molecule has 1 heterocycles. The highest BCUT2D eigenvalue weighted by Crippen LogP contribution is 2.63. The number of nitrogens with zero attached hydrogens (tertiary/aromatic N) is 3. The van der Waals surface area contributed by atoms with Crippen LogP contribution in [0.1, 0.15) is 48.1 Å². The molecular formula is C53H39N3. The van der Waals surface area contributed by atoms with E-state index < -0.39 is 5.41 Å². The first-order valence-corrected chi connectivity index (χ1v) is 19.5. The maximum atomic E-state index is 5.35. The average Bonchev–Trinajstić information content (AvgIpc) is 3.74. The summed E-state index contributed by atoms with van der Waals surface area (Å²) in [7, 11) is 0. The number of allylic oxidation sites excluding steroid dienone is 4. The Labute approximate surface area is 328 Å². The Morgan fingerprint density at radius 2 is 0.929 bits per heavy atom. The van der Waals surface area contributed by atoms with Crippen LogP contribution in [0.15, 0.2) is 188 Å². The van der Waals surface area contributed by atoms with Crippen molar-refractivity contribution in [2.45, 2.75) is 25.7 Å². The van der Waals surface area contributed by atoms with Gasteiger partial charge in [0.2, 0.25) is 0 Å². The molecule has 10 rings (SSSR count). The molecule has 0 saturated heterocycles. The van der Waals surface area contributed by atoms with Gasteiger partial charge in [0.25, 0.3) is 0 Å². The van der Waals surface area contributed by atoms with Gasteiger partial charge in [-0.3, -0.25) is 0 Å². The highest BCUT2D eigenvalue weighted by atomic mass is 15.0. The monoisotopic (exact) mass is 717 g/mol. The van der Waals surface area contributed by atoms with Gasteiger partial charge in [-0.25, -0.2) is 15.0 Å². The molecule has 0 unspecified atom stereocenters. The second-order valence-electron chi connectivity index (χ2n) is 14.6. The van der Waals surface area contributed by atoms with Gasteiger partial charge < -0.3 is 0 Å². The number of aromatic nitrogens is 3. The van der Waals surface area contributed by atoms with Crippen LogP contribution >= 0.6 is 0 Å². The minimum atomic E-state index is -0.457. The summed E-state index contributed by atoms with van der Waals surface area (Å²) in [6.07, 6.45) is 7.49. The number of rotatable bonds is 7. The molecule has 1 spiro atoms. The highest BCUT2D eigenvalue weighted by molar-refractivity contribution is 5.96. The van der Waals surface area contributed by atoms with E-state index in [-0.39, 0.29) is 0 Å². The molecule has 0 bridgehead atoms. The standard InChI is InChI=1S/C53H39N3/c1-3-17-35(18-4-2)39-31-40(36-19-7-5-8-20-36)33-41(32-39)52-55-50(37-21-9-6-10-22-37)54-51(56-52)38-29-30-45-44-25-13-16-28-48(44)53(49(45)34-38)46-26-14-11-23-42(46)43-24-12-15-27-47(43)53/h3,5-34H,4H2,1-2H3/b17-3-,35-18+. The molecule has 0 atom stereocenters. The number of benzene rings is 7. The van der Waals surface area contributed by atoms with E-state index in [0.717, 1.165) is 39.8 Å². The largest absolute Gasteiger partial charge is 0.208 e. The van der Waals surface area contributed by atoms with Crippen molar-refractivity contribution in [1.29, 1.82) is 0 Å². The normalized spacial score (nSPS) is 13.4. The van der Waals surface area contributed by atoms with Crippen molar-refractivity contribution in [3.63, 3.8) is 0 Å². The summed E-state index contributed by atoms with van der Waals surface area (Å²) >= 11 is 0. The lowest BCUT2D eigenvalue weighted by Crippen LogP contribution is -2.25. The van der Waals surface area contributed by atoms with E-state index >= 15 is 0 Å². The summed E-state index contributed by atoms with van der Waals surface area (Å²) in [4.78, 5) is 15.8. The van der Waals surface area contributed by atoms with Crippen LogP contribution in [0.2, 0.25) is 0 Å². The van der Waals surface area contributed by atoms with Crippen molar-refractivity contribution < 1.29 is 0 Å². The van der Waals surface area contributed by atoms with Crippen LogP contribution in [0.5, 0.6) is 0 Å². The van der Waals surface area contributed by atoms with Gasteiger partial charge in [-0.15, -0.1) is 0 Å². The maximum Gasteiger partial charge on any atom is 0.164 e. The predicted molar refractivity (Wildman–Crippen MR) is 231 cm³/mol. The lowest BCUT2D eigenvalue weighted by atomic mass is 9.70. The molecule has 3 heteroatoms. The van der Waals surface area contributed by atoms with Crippen molar-refractivity contribution in [2.24, 2.45) is 0 Å². The second kappa shape index (κ2) is 13.7. The van der Waals surface area contributed by atoms with Crippen LogP contribution in [-0.2, 0) is 5.41 Å². The Morgan fingerprint density at radius 1 is 0.446 bits per heavy atom. The molecule has 0 N–H and O–H groups in total. The zero-order valence-electron chi connectivity index (χ0n) is 31.4. The average molecular weight is 718 g/mol. The molecule has 3 nitrogen and oxygen atoms in total. The minimum absolute atomic E-state index is 0.457. The summed E-state index contributed by atoms with van der Waals surface area (Å²) in [5.74, 6) is 1.93. The summed E-state index contributed by atoms with van der Waals surface area (Å²) in [6.45, 7) is 4.25. The molecule has 7 aromatic carbocycles. The van der Waals surface area contributed by atoms with Crippen molar-refractivity contribution in [3.05, 3.63) is 216 Å². The molecule has 266 valence electrons. The van der Waals surface area contributed by atoms with Gasteiger partial charge in [0.05, 0.1) is 5.41 Å². The van der Waals surface area contributed by atoms with Gasteiger partial charge in [-0.05, 0) is 104 Å². The molecule has 2 aliphatic carbocycles. The Kier molecular flexibility index (Phi) is 8.22. The molecule has 8 aromatic rings. The first-order valence-electron chi connectivity index (χ1n) is 19.5. The van der Waals surface area contributed by atoms with E-state index in [0.29, 0.717) is 17.5 Å². The summed E-state index contributed by atoms with van der Waals surface area (Å²) in [5, 5.41) is 0. The Morgan fingerprint density at radius 3 is 1.50 bits per heavy atom. The molecule has 0 radical (unpaired) electrons. The minimum Gasteiger partial charge on any atom is -0.208 e.